The van der Waals surface area contributed by atoms with E-state index in [1.165, 1.54) is 11.1 Å². The van der Waals surface area contributed by atoms with Gasteiger partial charge in [0.05, 0.1) is 0 Å². The predicted molar refractivity (Wildman–Crippen MR) is 113 cm³/mol. The van der Waals surface area contributed by atoms with E-state index >= 15 is 0 Å². The van der Waals surface area contributed by atoms with Crippen LogP contribution in [0.15, 0.2) is 84.9 Å². The van der Waals surface area contributed by atoms with Crippen LogP contribution in [-0.4, -0.2) is 10.0 Å². The van der Waals surface area contributed by atoms with Crippen molar-refractivity contribution in [2.45, 2.75) is 19.6 Å². The average molecular weight is 381 g/mol. The molecule has 0 saturated heterocycles. The number of hydrogen-bond donors (Lipinski definition) is 1. The fourth-order valence-corrected chi connectivity index (χ4v) is 3.03. The van der Waals surface area contributed by atoms with Gasteiger partial charge in [-0.3, -0.25) is 0 Å². The largest absolute Gasteiger partial charge is 0.358 e. The molecule has 2 nitrogen and oxygen atoms in total. The number of rotatable bonds is 6. The molecule has 0 saturated carbocycles. The molecule has 132 valence electrons. The highest BCUT2D eigenvalue weighted by molar-refractivity contribution is 7.80. The van der Waals surface area contributed by atoms with Crippen molar-refractivity contribution in [1.29, 1.82) is 0 Å². The minimum absolute atomic E-state index is 0.677. The highest BCUT2D eigenvalue weighted by atomic mass is 35.5. The number of hydrogen-bond acceptors (Lipinski definition) is 1. The lowest BCUT2D eigenvalue weighted by atomic mass is 10.2. The first-order valence-electron chi connectivity index (χ1n) is 8.56. The summed E-state index contributed by atoms with van der Waals surface area (Å²) in [6.45, 7) is 2.21. The smallest absolute Gasteiger partial charge is 0.169 e. The molecule has 1 N–H and O–H groups in total. The Labute approximate surface area is 165 Å². The van der Waals surface area contributed by atoms with E-state index in [1.807, 2.05) is 36.4 Å². The number of halogens is 1. The van der Waals surface area contributed by atoms with E-state index in [0.29, 0.717) is 6.54 Å². The summed E-state index contributed by atoms with van der Waals surface area (Å²) in [4.78, 5) is 2.19. The number of thiocarbonyl (C=S) groups is 1. The highest BCUT2D eigenvalue weighted by Crippen LogP contribution is 2.12. The molecule has 0 fully saturated rings. The molecule has 3 aromatic rings. The van der Waals surface area contributed by atoms with Crippen molar-refractivity contribution in [1.82, 2.24) is 10.2 Å². The second-order valence-electron chi connectivity index (χ2n) is 6.11. The van der Waals surface area contributed by atoms with Gasteiger partial charge in [-0.05, 0) is 41.0 Å². The van der Waals surface area contributed by atoms with Gasteiger partial charge in [0.1, 0.15) is 0 Å². The molecular formula is C22H21ClN2S. The molecule has 0 aromatic heterocycles. The summed E-state index contributed by atoms with van der Waals surface area (Å²) in [7, 11) is 0. The van der Waals surface area contributed by atoms with Crippen LogP contribution >= 0.6 is 23.8 Å². The van der Waals surface area contributed by atoms with E-state index in [-0.39, 0.29) is 0 Å². The molecule has 0 aliphatic heterocycles. The van der Waals surface area contributed by atoms with Crippen LogP contribution in [0.5, 0.6) is 0 Å². The summed E-state index contributed by atoms with van der Waals surface area (Å²) in [5, 5.41) is 4.86. The quantitative estimate of drug-likeness (QED) is 0.575. The molecule has 0 heterocycles. The van der Waals surface area contributed by atoms with Gasteiger partial charge in [-0.25, -0.2) is 0 Å². The first-order valence-corrected chi connectivity index (χ1v) is 9.34. The molecule has 0 aliphatic rings. The maximum Gasteiger partial charge on any atom is 0.169 e. The van der Waals surface area contributed by atoms with Crippen molar-refractivity contribution < 1.29 is 0 Å². The molecule has 0 atom stereocenters. The monoisotopic (exact) mass is 380 g/mol. The van der Waals surface area contributed by atoms with Crippen molar-refractivity contribution in [2.24, 2.45) is 0 Å². The highest BCUT2D eigenvalue weighted by Gasteiger charge is 2.11. The molecule has 0 unspecified atom stereocenters. The molecule has 0 bridgehead atoms. The normalized spacial score (nSPS) is 10.3. The van der Waals surface area contributed by atoms with Crippen LogP contribution in [0.3, 0.4) is 0 Å². The van der Waals surface area contributed by atoms with Gasteiger partial charge in [0, 0.05) is 24.7 Å². The van der Waals surface area contributed by atoms with Gasteiger partial charge >= 0.3 is 0 Å². The Morgan fingerprint density at radius 3 is 1.73 bits per heavy atom. The van der Waals surface area contributed by atoms with E-state index in [1.54, 1.807) is 0 Å². The van der Waals surface area contributed by atoms with Crippen molar-refractivity contribution in [3.8, 4) is 0 Å². The lowest BCUT2D eigenvalue weighted by molar-refractivity contribution is 0.399. The summed E-state index contributed by atoms with van der Waals surface area (Å²) in [6, 6.07) is 28.6. The Morgan fingerprint density at radius 2 is 1.23 bits per heavy atom. The van der Waals surface area contributed by atoms with E-state index in [0.717, 1.165) is 28.8 Å². The average Bonchev–Trinajstić information content (AvgIpc) is 2.68. The van der Waals surface area contributed by atoms with Gasteiger partial charge in [0.25, 0.3) is 0 Å². The third-order valence-corrected chi connectivity index (χ3v) is 4.73. The van der Waals surface area contributed by atoms with Gasteiger partial charge in [-0.1, -0.05) is 84.4 Å². The first kappa shape index (κ1) is 18.4. The van der Waals surface area contributed by atoms with Gasteiger partial charge in [0.2, 0.25) is 0 Å². The lowest BCUT2D eigenvalue weighted by Crippen LogP contribution is -2.38. The SMILES string of the molecule is S=C(NCc1ccc(Cl)cc1)N(Cc1ccccc1)Cc1ccccc1. The Bertz CT molecular complexity index is 778. The Morgan fingerprint density at radius 1 is 0.731 bits per heavy atom. The third kappa shape index (κ3) is 5.58. The summed E-state index contributed by atoms with van der Waals surface area (Å²) >= 11 is 11.6. The summed E-state index contributed by atoms with van der Waals surface area (Å²) in [5.41, 5.74) is 3.62. The fourth-order valence-electron chi connectivity index (χ4n) is 2.70. The Kier molecular flexibility index (Phi) is 6.64. The van der Waals surface area contributed by atoms with Crippen LogP contribution in [0.4, 0.5) is 0 Å². The maximum absolute atomic E-state index is 5.95. The minimum atomic E-state index is 0.677. The molecule has 0 aliphatic carbocycles. The van der Waals surface area contributed by atoms with Gasteiger partial charge in [-0.15, -0.1) is 0 Å². The molecule has 26 heavy (non-hydrogen) atoms. The van der Waals surface area contributed by atoms with Crippen molar-refractivity contribution in [3.05, 3.63) is 107 Å². The lowest BCUT2D eigenvalue weighted by Gasteiger charge is -2.26. The molecule has 0 radical (unpaired) electrons. The third-order valence-electron chi connectivity index (χ3n) is 4.08. The standard InChI is InChI=1S/C22H21ClN2S/c23-21-13-11-18(12-14-21)15-24-22(26)25(16-19-7-3-1-4-8-19)17-20-9-5-2-6-10-20/h1-14H,15-17H2,(H,24,26). The summed E-state index contributed by atoms with van der Waals surface area (Å²) < 4.78 is 0. The van der Waals surface area contributed by atoms with Gasteiger partial charge < -0.3 is 10.2 Å². The second kappa shape index (κ2) is 9.37. The van der Waals surface area contributed by atoms with Gasteiger partial charge in [0.15, 0.2) is 5.11 Å². The van der Waals surface area contributed by atoms with E-state index in [9.17, 15) is 0 Å². The molecule has 3 aromatic carbocycles. The van der Waals surface area contributed by atoms with Crippen LogP contribution in [-0.2, 0) is 19.6 Å². The van der Waals surface area contributed by atoms with Crippen LogP contribution in [0.25, 0.3) is 0 Å². The van der Waals surface area contributed by atoms with Crippen LogP contribution in [0.1, 0.15) is 16.7 Å². The zero-order valence-electron chi connectivity index (χ0n) is 14.4. The van der Waals surface area contributed by atoms with E-state index in [4.69, 9.17) is 23.8 Å². The second-order valence-corrected chi connectivity index (χ2v) is 6.94. The number of nitrogens with zero attached hydrogens (tertiary/aromatic N) is 1. The number of nitrogens with one attached hydrogen (secondary N) is 1. The van der Waals surface area contributed by atoms with E-state index in [2.05, 4.69) is 58.7 Å². The Hall–Kier alpha value is -2.36. The van der Waals surface area contributed by atoms with Crippen LogP contribution in [0.2, 0.25) is 5.02 Å². The minimum Gasteiger partial charge on any atom is -0.358 e. The summed E-state index contributed by atoms with van der Waals surface area (Å²) in [6.07, 6.45) is 0. The molecule has 0 spiro atoms. The van der Waals surface area contributed by atoms with Crippen molar-refractivity contribution in [3.63, 3.8) is 0 Å². The number of benzene rings is 3. The van der Waals surface area contributed by atoms with Crippen LogP contribution < -0.4 is 5.32 Å². The molecule has 0 amide bonds. The van der Waals surface area contributed by atoms with Crippen molar-refractivity contribution >= 4 is 28.9 Å². The topological polar surface area (TPSA) is 15.3 Å². The fraction of sp³-hybridized carbons (Fsp3) is 0.136. The maximum atomic E-state index is 5.95. The van der Waals surface area contributed by atoms with Crippen molar-refractivity contribution in [2.75, 3.05) is 0 Å². The predicted octanol–water partition coefficient (Wildman–Crippen LogP) is 5.42. The Balaban J connectivity index is 1.68. The van der Waals surface area contributed by atoms with Crippen LogP contribution in [0, 0.1) is 0 Å². The molecular weight excluding hydrogens is 360 g/mol. The zero-order chi connectivity index (χ0) is 18.2. The summed E-state index contributed by atoms with van der Waals surface area (Å²) in [5.74, 6) is 0. The molecule has 4 heteroatoms. The first-order chi connectivity index (χ1) is 12.7. The van der Waals surface area contributed by atoms with E-state index < -0.39 is 0 Å². The van der Waals surface area contributed by atoms with Gasteiger partial charge in [-0.2, -0.15) is 0 Å². The zero-order valence-corrected chi connectivity index (χ0v) is 16.0. The molecule has 3 rings (SSSR count).